The standard InChI is InChI=1S/C15H16N6O/c1-9-14(22)17-15(20-18-9)19-16-8-12-10(2)21(3)13-7-5-4-6-11(12)13/h4-8H,1-3H3,(H2,17,19,20,22)/b16-8+. The van der Waals surface area contributed by atoms with E-state index in [0.29, 0.717) is 5.69 Å². The highest BCUT2D eigenvalue weighted by Gasteiger charge is 2.09. The Morgan fingerprint density at radius 3 is 2.82 bits per heavy atom. The molecule has 1 aromatic carbocycles. The zero-order valence-corrected chi connectivity index (χ0v) is 12.6. The molecule has 112 valence electrons. The summed E-state index contributed by atoms with van der Waals surface area (Å²) in [5, 5.41) is 12.8. The fraction of sp³-hybridized carbons (Fsp3) is 0.200. The first-order valence-corrected chi connectivity index (χ1v) is 6.84. The third-order valence-corrected chi connectivity index (χ3v) is 3.67. The number of nitrogens with zero attached hydrogens (tertiary/aromatic N) is 4. The van der Waals surface area contributed by atoms with Gasteiger partial charge in [-0.1, -0.05) is 18.2 Å². The molecule has 0 radical (unpaired) electrons. The summed E-state index contributed by atoms with van der Waals surface area (Å²) in [6.45, 7) is 3.63. The van der Waals surface area contributed by atoms with Crippen LogP contribution in [0.3, 0.4) is 0 Å². The van der Waals surface area contributed by atoms with Crippen LogP contribution in [-0.4, -0.2) is 26.0 Å². The number of hydrogen-bond donors (Lipinski definition) is 2. The monoisotopic (exact) mass is 296 g/mol. The van der Waals surface area contributed by atoms with Gasteiger partial charge in [-0.05, 0) is 19.9 Å². The lowest BCUT2D eigenvalue weighted by atomic mass is 10.1. The Morgan fingerprint density at radius 2 is 2.05 bits per heavy atom. The van der Waals surface area contributed by atoms with Crippen LogP contribution in [0.1, 0.15) is 17.0 Å². The molecule has 3 rings (SSSR count). The van der Waals surface area contributed by atoms with Crippen LogP contribution in [0.15, 0.2) is 34.2 Å². The maximum absolute atomic E-state index is 11.5. The number of nitrogens with one attached hydrogen (secondary N) is 2. The number of aromatic amines is 1. The van der Waals surface area contributed by atoms with Crippen molar-refractivity contribution in [2.24, 2.45) is 12.1 Å². The summed E-state index contributed by atoms with van der Waals surface area (Å²) in [6, 6.07) is 8.12. The summed E-state index contributed by atoms with van der Waals surface area (Å²) in [5.41, 5.74) is 6.00. The molecule has 0 amide bonds. The maximum atomic E-state index is 11.5. The molecular weight excluding hydrogens is 280 g/mol. The van der Waals surface area contributed by atoms with Gasteiger partial charge in [0.15, 0.2) is 0 Å². The second kappa shape index (κ2) is 5.44. The number of rotatable bonds is 3. The third-order valence-electron chi connectivity index (χ3n) is 3.67. The molecule has 0 atom stereocenters. The van der Waals surface area contributed by atoms with Crippen molar-refractivity contribution in [3.05, 3.63) is 51.6 Å². The van der Waals surface area contributed by atoms with Crippen molar-refractivity contribution in [3.63, 3.8) is 0 Å². The number of aromatic nitrogens is 4. The van der Waals surface area contributed by atoms with E-state index in [-0.39, 0.29) is 11.5 Å². The molecule has 7 nitrogen and oxygen atoms in total. The predicted octanol–water partition coefficient (Wildman–Crippen LogP) is 1.72. The van der Waals surface area contributed by atoms with E-state index in [1.165, 1.54) is 0 Å². The number of anilines is 1. The minimum Gasteiger partial charge on any atom is -0.347 e. The van der Waals surface area contributed by atoms with Crippen LogP contribution in [0, 0.1) is 13.8 Å². The normalized spacial score (nSPS) is 11.4. The molecule has 22 heavy (non-hydrogen) atoms. The number of H-pyrrole nitrogens is 1. The topological polar surface area (TPSA) is 88.0 Å². The van der Waals surface area contributed by atoms with Crippen molar-refractivity contribution in [3.8, 4) is 0 Å². The van der Waals surface area contributed by atoms with Gasteiger partial charge in [-0.3, -0.25) is 9.78 Å². The predicted molar refractivity (Wildman–Crippen MR) is 86.3 cm³/mol. The van der Waals surface area contributed by atoms with Gasteiger partial charge in [0.25, 0.3) is 5.56 Å². The largest absolute Gasteiger partial charge is 0.347 e. The Labute approximate surface area is 126 Å². The van der Waals surface area contributed by atoms with E-state index in [2.05, 4.69) is 42.4 Å². The highest BCUT2D eigenvalue weighted by molar-refractivity contribution is 6.01. The van der Waals surface area contributed by atoms with E-state index in [1.807, 2.05) is 26.1 Å². The fourth-order valence-electron chi connectivity index (χ4n) is 2.31. The molecule has 0 aliphatic carbocycles. The van der Waals surface area contributed by atoms with E-state index in [9.17, 15) is 4.79 Å². The summed E-state index contributed by atoms with van der Waals surface area (Å²) in [7, 11) is 2.02. The summed E-state index contributed by atoms with van der Waals surface area (Å²) in [6.07, 6.45) is 1.72. The molecular formula is C15H16N6O. The molecule has 0 aliphatic rings. The van der Waals surface area contributed by atoms with Crippen molar-refractivity contribution >= 4 is 23.1 Å². The Hall–Kier alpha value is -2.96. The van der Waals surface area contributed by atoms with Crippen molar-refractivity contribution in [1.29, 1.82) is 0 Å². The fourth-order valence-corrected chi connectivity index (χ4v) is 2.31. The maximum Gasteiger partial charge on any atom is 0.274 e. The van der Waals surface area contributed by atoms with Gasteiger partial charge in [-0.15, -0.1) is 10.2 Å². The third kappa shape index (κ3) is 2.37. The molecule has 2 aromatic heterocycles. The quantitative estimate of drug-likeness (QED) is 0.569. The Balaban J connectivity index is 1.91. The summed E-state index contributed by atoms with van der Waals surface area (Å²) >= 11 is 0. The molecule has 0 bridgehead atoms. The molecule has 0 fully saturated rings. The van der Waals surface area contributed by atoms with Crippen LogP contribution in [0.4, 0.5) is 5.95 Å². The average Bonchev–Trinajstić information content (AvgIpc) is 2.76. The minimum atomic E-state index is -0.283. The number of hydrogen-bond acceptors (Lipinski definition) is 5. The van der Waals surface area contributed by atoms with E-state index in [0.717, 1.165) is 22.2 Å². The molecule has 2 heterocycles. The number of hydrazone groups is 1. The SMILES string of the molecule is Cc1nnc(N/N=C/c2c(C)n(C)c3ccccc23)[nH]c1=O. The number of aryl methyl sites for hydroxylation is 2. The number of para-hydroxylation sites is 1. The summed E-state index contributed by atoms with van der Waals surface area (Å²) < 4.78 is 2.12. The molecule has 2 N–H and O–H groups in total. The second-order valence-electron chi connectivity index (χ2n) is 5.03. The lowest BCUT2D eigenvalue weighted by Gasteiger charge is -1.99. The first-order chi connectivity index (χ1) is 10.6. The molecule has 0 saturated heterocycles. The van der Waals surface area contributed by atoms with Gasteiger partial charge in [0.1, 0.15) is 5.69 Å². The lowest BCUT2D eigenvalue weighted by Crippen LogP contribution is -2.15. The first-order valence-electron chi connectivity index (χ1n) is 6.84. The highest BCUT2D eigenvalue weighted by atomic mass is 16.1. The average molecular weight is 296 g/mol. The first kappa shape index (κ1) is 14.0. The molecule has 0 saturated carbocycles. The van der Waals surface area contributed by atoms with Gasteiger partial charge in [0.2, 0.25) is 5.95 Å². The van der Waals surface area contributed by atoms with Gasteiger partial charge < -0.3 is 4.57 Å². The molecule has 7 heteroatoms. The van der Waals surface area contributed by atoms with Crippen LogP contribution < -0.4 is 11.0 Å². The number of fused-ring (bicyclic) bond motifs is 1. The van der Waals surface area contributed by atoms with E-state index >= 15 is 0 Å². The van der Waals surface area contributed by atoms with Crippen molar-refractivity contribution in [2.75, 3.05) is 5.43 Å². The van der Waals surface area contributed by atoms with Gasteiger partial charge >= 0.3 is 0 Å². The van der Waals surface area contributed by atoms with E-state index in [4.69, 9.17) is 0 Å². The minimum absolute atomic E-state index is 0.213. The second-order valence-corrected chi connectivity index (χ2v) is 5.03. The van der Waals surface area contributed by atoms with Gasteiger partial charge in [0.05, 0.1) is 6.21 Å². The lowest BCUT2D eigenvalue weighted by molar-refractivity contribution is 0.897. The van der Waals surface area contributed by atoms with Crippen LogP contribution in [0.2, 0.25) is 0 Å². The summed E-state index contributed by atoms with van der Waals surface area (Å²) in [5.74, 6) is 0.213. The van der Waals surface area contributed by atoms with Crippen molar-refractivity contribution in [1.82, 2.24) is 19.7 Å². The molecule has 0 spiro atoms. The smallest absolute Gasteiger partial charge is 0.274 e. The van der Waals surface area contributed by atoms with Crippen LogP contribution in [0.5, 0.6) is 0 Å². The van der Waals surface area contributed by atoms with Crippen LogP contribution in [0.25, 0.3) is 10.9 Å². The molecule has 0 aliphatic heterocycles. The van der Waals surface area contributed by atoms with Gasteiger partial charge in [-0.2, -0.15) is 5.10 Å². The Bertz CT molecular complexity index is 921. The Kier molecular flexibility index (Phi) is 3.46. The van der Waals surface area contributed by atoms with Gasteiger partial charge in [0, 0.05) is 29.2 Å². The number of benzene rings is 1. The van der Waals surface area contributed by atoms with Crippen molar-refractivity contribution < 1.29 is 0 Å². The zero-order chi connectivity index (χ0) is 15.7. The highest BCUT2D eigenvalue weighted by Crippen LogP contribution is 2.22. The van der Waals surface area contributed by atoms with Crippen molar-refractivity contribution in [2.45, 2.75) is 13.8 Å². The van der Waals surface area contributed by atoms with E-state index < -0.39 is 0 Å². The van der Waals surface area contributed by atoms with Crippen LogP contribution in [-0.2, 0) is 7.05 Å². The zero-order valence-electron chi connectivity index (χ0n) is 12.6. The van der Waals surface area contributed by atoms with E-state index in [1.54, 1.807) is 13.1 Å². The molecule has 3 aromatic rings. The summed E-state index contributed by atoms with van der Waals surface area (Å²) in [4.78, 5) is 14.0. The Morgan fingerprint density at radius 1 is 1.27 bits per heavy atom. The van der Waals surface area contributed by atoms with Crippen LogP contribution >= 0.6 is 0 Å². The molecule has 0 unspecified atom stereocenters. The van der Waals surface area contributed by atoms with Gasteiger partial charge in [-0.25, -0.2) is 5.43 Å².